The van der Waals surface area contributed by atoms with Gasteiger partial charge in [-0.2, -0.15) is 11.8 Å². The molecule has 2 unspecified atom stereocenters. The van der Waals surface area contributed by atoms with Gasteiger partial charge in [0.1, 0.15) is 0 Å². The number of piperidine rings is 1. The normalized spacial score (nSPS) is 27.2. The summed E-state index contributed by atoms with van der Waals surface area (Å²) in [6.07, 6.45) is 4.49. The smallest absolute Gasteiger partial charge is 0.0833 e. The van der Waals surface area contributed by atoms with Crippen LogP contribution in [0.3, 0.4) is 0 Å². The monoisotopic (exact) mass is 218 g/mol. The summed E-state index contributed by atoms with van der Waals surface area (Å²) in [5, 5.41) is 16.7. The Hall–Kier alpha value is 0.230. The van der Waals surface area contributed by atoms with E-state index < -0.39 is 5.60 Å². The van der Waals surface area contributed by atoms with Gasteiger partial charge in [-0.1, -0.05) is 0 Å². The molecule has 2 atom stereocenters. The number of thioether (sulfide) groups is 1. The van der Waals surface area contributed by atoms with Crippen molar-refractivity contribution < 1.29 is 5.11 Å². The van der Waals surface area contributed by atoms with E-state index in [0.717, 1.165) is 18.8 Å². The molecule has 0 aromatic carbocycles. The van der Waals surface area contributed by atoms with Crippen LogP contribution in [0.1, 0.15) is 19.8 Å². The molecule has 4 heteroatoms. The summed E-state index contributed by atoms with van der Waals surface area (Å²) < 4.78 is 0. The summed E-state index contributed by atoms with van der Waals surface area (Å²) in [5.74, 6) is 0.792. The van der Waals surface area contributed by atoms with Gasteiger partial charge in [0.15, 0.2) is 0 Å². The molecule has 1 heterocycles. The van der Waals surface area contributed by atoms with E-state index in [1.165, 1.54) is 12.8 Å². The maximum Gasteiger partial charge on any atom is 0.0833 e. The minimum atomic E-state index is -0.573. The van der Waals surface area contributed by atoms with Crippen LogP contribution < -0.4 is 10.6 Å². The minimum Gasteiger partial charge on any atom is -0.388 e. The molecule has 1 aliphatic rings. The van der Waals surface area contributed by atoms with Gasteiger partial charge in [-0.3, -0.25) is 0 Å². The van der Waals surface area contributed by atoms with Crippen molar-refractivity contribution in [1.29, 1.82) is 0 Å². The third kappa shape index (κ3) is 4.64. The molecule has 0 aromatic rings. The summed E-state index contributed by atoms with van der Waals surface area (Å²) in [6.45, 7) is 4.77. The van der Waals surface area contributed by atoms with E-state index in [1.54, 1.807) is 11.8 Å². The van der Waals surface area contributed by atoms with Crippen LogP contribution in [-0.2, 0) is 0 Å². The minimum absolute atomic E-state index is 0.539. The summed E-state index contributed by atoms with van der Waals surface area (Å²) in [7, 11) is 0. The van der Waals surface area contributed by atoms with Gasteiger partial charge in [0.2, 0.25) is 0 Å². The predicted molar refractivity (Wildman–Crippen MR) is 62.9 cm³/mol. The van der Waals surface area contributed by atoms with Crippen LogP contribution in [0.15, 0.2) is 0 Å². The van der Waals surface area contributed by atoms with E-state index in [0.29, 0.717) is 12.6 Å². The number of hydrogen-bond acceptors (Lipinski definition) is 4. The quantitative estimate of drug-likeness (QED) is 0.627. The average molecular weight is 218 g/mol. The van der Waals surface area contributed by atoms with E-state index >= 15 is 0 Å². The van der Waals surface area contributed by atoms with Gasteiger partial charge in [0.25, 0.3) is 0 Å². The lowest BCUT2D eigenvalue weighted by molar-refractivity contribution is 0.0802. The van der Waals surface area contributed by atoms with Crippen LogP contribution in [0.25, 0.3) is 0 Å². The van der Waals surface area contributed by atoms with E-state index in [4.69, 9.17) is 0 Å². The fraction of sp³-hybridized carbons (Fsp3) is 1.00. The first-order valence-corrected chi connectivity index (χ1v) is 6.69. The Balaban J connectivity index is 2.17. The molecule has 0 radical (unpaired) electrons. The van der Waals surface area contributed by atoms with Crippen molar-refractivity contribution in [3.05, 3.63) is 0 Å². The molecule has 1 rings (SSSR count). The largest absolute Gasteiger partial charge is 0.388 e. The molecule has 0 aromatic heterocycles. The molecule has 0 bridgehead atoms. The number of aliphatic hydroxyl groups is 1. The van der Waals surface area contributed by atoms with Crippen molar-refractivity contribution in [2.45, 2.75) is 31.4 Å². The molecule has 0 aliphatic carbocycles. The second kappa shape index (κ2) is 5.95. The maximum atomic E-state index is 9.94. The van der Waals surface area contributed by atoms with E-state index in [9.17, 15) is 5.11 Å². The Morgan fingerprint density at radius 1 is 1.64 bits per heavy atom. The lowest BCUT2D eigenvalue weighted by atomic mass is 10.1. The highest BCUT2D eigenvalue weighted by atomic mass is 32.2. The highest BCUT2D eigenvalue weighted by molar-refractivity contribution is 7.98. The standard InChI is InChI=1S/C10H22N2OS/c1-10(13,8-14-2)7-12-9-4-3-5-11-6-9/h9,11-13H,3-8H2,1-2H3. The summed E-state index contributed by atoms with van der Waals surface area (Å²) >= 11 is 1.69. The van der Waals surface area contributed by atoms with Crippen LogP contribution in [0.4, 0.5) is 0 Å². The SMILES string of the molecule is CSCC(C)(O)CNC1CCCNC1. The van der Waals surface area contributed by atoms with Crippen LogP contribution in [-0.4, -0.2) is 48.4 Å². The van der Waals surface area contributed by atoms with Gasteiger partial charge in [-0.25, -0.2) is 0 Å². The zero-order chi connectivity index (χ0) is 10.4. The first-order chi connectivity index (χ1) is 6.64. The molecule has 0 amide bonds. The van der Waals surface area contributed by atoms with E-state index in [1.807, 2.05) is 13.2 Å². The Labute approximate surface area is 91.0 Å². The first kappa shape index (κ1) is 12.3. The molecule has 3 nitrogen and oxygen atoms in total. The van der Waals surface area contributed by atoms with Crippen molar-refractivity contribution >= 4 is 11.8 Å². The van der Waals surface area contributed by atoms with Crippen molar-refractivity contribution in [2.75, 3.05) is 31.6 Å². The zero-order valence-electron chi connectivity index (χ0n) is 9.18. The molecular formula is C10H22N2OS. The van der Waals surface area contributed by atoms with Gasteiger partial charge < -0.3 is 15.7 Å². The van der Waals surface area contributed by atoms with Crippen molar-refractivity contribution in [3.63, 3.8) is 0 Å². The van der Waals surface area contributed by atoms with Crippen molar-refractivity contribution in [3.8, 4) is 0 Å². The van der Waals surface area contributed by atoms with Crippen LogP contribution in [0.2, 0.25) is 0 Å². The molecule has 1 aliphatic heterocycles. The fourth-order valence-electron chi connectivity index (χ4n) is 1.75. The Morgan fingerprint density at radius 3 is 3.00 bits per heavy atom. The highest BCUT2D eigenvalue weighted by Crippen LogP contribution is 2.10. The Morgan fingerprint density at radius 2 is 2.43 bits per heavy atom. The molecule has 84 valence electrons. The first-order valence-electron chi connectivity index (χ1n) is 5.29. The molecule has 14 heavy (non-hydrogen) atoms. The molecule has 1 fully saturated rings. The lowest BCUT2D eigenvalue weighted by Crippen LogP contribution is -2.49. The number of hydrogen-bond donors (Lipinski definition) is 3. The average Bonchev–Trinajstić information content (AvgIpc) is 2.17. The van der Waals surface area contributed by atoms with Gasteiger partial charge in [-0.15, -0.1) is 0 Å². The van der Waals surface area contributed by atoms with Gasteiger partial charge >= 0.3 is 0 Å². The third-order valence-corrected chi connectivity index (χ3v) is 3.43. The van der Waals surface area contributed by atoms with E-state index in [-0.39, 0.29) is 0 Å². The second-order valence-corrected chi connectivity index (χ2v) is 5.22. The Bertz CT molecular complexity index is 158. The maximum absolute atomic E-state index is 9.94. The topological polar surface area (TPSA) is 44.3 Å². The van der Waals surface area contributed by atoms with Crippen molar-refractivity contribution in [2.24, 2.45) is 0 Å². The molecule has 1 saturated heterocycles. The third-order valence-electron chi connectivity index (χ3n) is 2.52. The lowest BCUT2D eigenvalue weighted by Gasteiger charge is -2.29. The molecular weight excluding hydrogens is 196 g/mol. The predicted octanol–water partition coefficient (Wildman–Crippen LogP) is 0.442. The Kier molecular flexibility index (Phi) is 5.23. The zero-order valence-corrected chi connectivity index (χ0v) is 9.99. The fourth-order valence-corrected chi connectivity index (χ4v) is 2.48. The summed E-state index contributed by atoms with van der Waals surface area (Å²) in [4.78, 5) is 0. The number of rotatable bonds is 5. The van der Waals surface area contributed by atoms with Crippen molar-refractivity contribution in [1.82, 2.24) is 10.6 Å². The molecule has 0 saturated carbocycles. The van der Waals surface area contributed by atoms with Gasteiger partial charge in [0, 0.05) is 24.9 Å². The van der Waals surface area contributed by atoms with Crippen LogP contribution in [0, 0.1) is 0 Å². The summed E-state index contributed by atoms with van der Waals surface area (Å²) in [5.41, 5.74) is -0.573. The van der Waals surface area contributed by atoms with Crippen LogP contribution >= 0.6 is 11.8 Å². The highest BCUT2D eigenvalue weighted by Gasteiger charge is 2.21. The van der Waals surface area contributed by atoms with Gasteiger partial charge in [0.05, 0.1) is 5.60 Å². The van der Waals surface area contributed by atoms with E-state index in [2.05, 4.69) is 10.6 Å². The van der Waals surface area contributed by atoms with Gasteiger partial charge in [-0.05, 0) is 32.6 Å². The number of nitrogens with one attached hydrogen (secondary N) is 2. The second-order valence-electron chi connectivity index (χ2n) is 4.35. The van der Waals surface area contributed by atoms with Crippen LogP contribution in [0.5, 0.6) is 0 Å². The molecule has 0 spiro atoms. The summed E-state index contributed by atoms with van der Waals surface area (Å²) in [6, 6.07) is 0.539. The molecule has 3 N–H and O–H groups in total.